The van der Waals surface area contributed by atoms with Gasteiger partial charge in [-0.05, 0) is 6.07 Å². The molecule has 2 rings (SSSR count). The lowest BCUT2D eigenvalue weighted by Gasteiger charge is -2.09. The molecule has 74 valence electrons. The molecule has 0 radical (unpaired) electrons. The van der Waals surface area contributed by atoms with Crippen LogP contribution in [0.2, 0.25) is 0 Å². The second-order valence-corrected chi connectivity index (χ2v) is 2.64. The molecule has 0 atom stereocenters. The standard InChI is InChI=1S/C7H4F3N3O/c8-7(9,10)13-5-3-11-12-4(5)1-2-6(13)14/h1-3H,(H,11,12). The van der Waals surface area contributed by atoms with Gasteiger partial charge in [0, 0.05) is 6.07 Å². The number of hydrogen-bond acceptors (Lipinski definition) is 2. The van der Waals surface area contributed by atoms with E-state index in [4.69, 9.17) is 0 Å². The average molecular weight is 203 g/mol. The number of pyridine rings is 1. The van der Waals surface area contributed by atoms with Crippen molar-refractivity contribution in [2.24, 2.45) is 0 Å². The zero-order chi connectivity index (χ0) is 10.3. The summed E-state index contributed by atoms with van der Waals surface area (Å²) in [6.07, 6.45) is -3.76. The molecule has 0 saturated carbocycles. The molecule has 1 N–H and O–H groups in total. The maximum absolute atomic E-state index is 12.4. The molecule has 0 unspecified atom stereocenters. The summed E-state index contributed by atoms with van der Waals surface area (Å²) in [5.74, 6) is 0. The molecule has 2 aromatic rings. The van der Waals surface area contributed by atoms with Gasteiger partial charge >= 0.3 is 6.30 Å². The van der Waals surface area contributed by atoms with Gasteiger partial charge in [-0.3, -0.25) is 9.89 Å². The summed E-state index contributed by atoms with van der Waals surface area (Å²) in [5, 5.41) is 5.78. The van der Waals surface area contributed by atoms with Gasteiger partial charge in [0.25, 0.3) is 5.56 Å². The molecule has 7 heteroatoms. The fraction of sp³-hybridized carbons (Fsp3) is 0.143. The smallest absolute Gasteiger partial charge is 0.276 e. The Labute approximate surface area is 75.0 Å². The first-order chi connectivity index (χ1) is 6.50. The number of nitrogens with zero attached hydrogens (tertiary/aromatic N) is 2. The molecule has 0 aliphatic rings. The van der Waals surface area contributed by atoms with Crippen molar-refractivity contribution in [1.82, 2.24) is 14.8 Å². The highest BCUT2D eigenvalue weighted by Crippen LogP contribution is 2.23. The molecule has 0 amide bonds. The zero-order valence-electron chi connectivity index (χ0n) is 6.67. The first kappa shape index (κ1) is 8.79. The van der Waals surface area contributed by atoms with E-state index in [0.29, 0.717) is 0 Å². The second-order valence-electron chi connectivity index (χ2n) is 2.64. The SMILES string of the molecule is O=c1ccc2[nH]ncc2n1C(F)(F)F. The van der Waals surface area contributed by atoms with Gasteiger partial charge in [-0.25, -0.2) is 4.57 Å². The molecule has 0 aliphatic carbocycles. The van der Waals surface area contributed by atoms with E-state index in [2.05, 4.69) is 10.2 Å². The fourth-order valence-corrected chi connectivity index (χ4v) is 1.20. The van der Waals surface area contributed by atoms with E-state index in [1.165, 1.54) is 6.07 Å². The largest absolute Gasteiger partial charge is 0.491 e. The van der Waals surface area contributed by atoms with Crippen LogP contribution in [0.4, 0.5) is 13.2 Å². The minimum atomic E-state index is -4.72. The van der Waals surface area contributed by atoms with Crippen LogP contribution in [0.1, 0.15) is 0 Å². The summed E-state index contributed by atoms with van der Waals surface area (Å²) < 4.78 is 36.9. The Balaban J connectivity index is 2.91. The van der Waals surface area contributed by atoms with Crippen molar-refractivity contribution >= 4 is 11.0 Å². The van der Waals surface area contributed by atoms with Gasteiger partial charge in [0.05, 0.1) is 17.2 Å². The maximum Gasteiger partial charge on any atom is 0.491 e. The van der Waals surface area contributed by atoms with Crippen LogP contribution in [0, 0.1) is 0 Å². The van der Waals surface area contributed by atoms with Crippen LogP contribution in [0.25, 0.3) is 11.0 Å². The van der Waals surface area contributed by atoms with E-state index in [1.807, 2.05) is 0 Å². The highest BCUT2D eigenvalue weighted by molar-refractivity contribution is 5.73. The number of nitrogens with one attached hydrogen (secondary N) is 1. The lowest BCUT2D eigenvalue weighted by Crippen LogP contribution is -2.30. The molecular weight excluding hydrogens is 199 g/mol. The Morgan fingerprint density at radius 3 is 2.71 bits per heavy atom. The number of alkyl halides is 3. The van der Waals surface area contributed by atoms with Gasteiger partial charge in [-0.2, -0.15) is 5.10 Å². The lowest BCUT2D eigenvalue weighted by molar-refractivity contribution is -0.202. The predicted molar refractivity (Wildman–Crippen MR) is 41.7 cm³/mol. The summed E-state index contributed by atoms with van der Waals surface area (Å²) in [4.78, 5) is 11.0. The van der Waals surface area contributed by atoms with Crippen molar-refractivity contribution in [3.8, 4) is 0 Å². The Hall–Kier alpha value is -1.79. The van der Waals surface area contributed by atoms with E-state index in [-0.39, 0.29) is 15.6 Å². The van der Waals surface area contributed by atoms with Gasteiger partial charge in [-0.15, -0.1) is 13.2 Å². The number of halogens is 3. The predicted octanol–water partition coefficient (Wildman–Crippen LogP) is 1.20. The molecule has 2 heterocycles. The number of aromatic amines is 1. The maximum atomic E-state index is 12.4. The van der Waals surface area contributed by atoms with Crippen LogP contribution in [0.3, 0.4) is 0 Å². The second kappa shape index (κ2) is 2.60. The Morgan fingerprint density at radius 1 is 1.36 bits per heavy atom. The van der Waals surface area contributed by atoms with Crippen LogP contribution in [0.5, 0.6) is 0 Å². The monoisotopic (exact) mass is 203 g/mol. The Kier molecular flexibility index (Phi) is 1.63. The molecule has 0 fully saturated rings. The van der Waals surface area contributed by atoms with Gasteiger partial charge in [0.1, 0.15) is 0 Å². The first-order valence-corrected chi connectivity index (χ1v) is 3.62. The molecule has 0 aromatic carbocycles. The summed E-state index contributed by atoms with van der Waals surface area (Å²) in [6.45, 7) is 0. The van der Waals surface area contributed by atoms with Gasteiger partial charge < -0.3 is 0 Å². The van der Waals surface area contributed by atoms with Gasteiger partial charge in [0.2, 0.25) is 0 Å². The van der Waals surface area contributed by atoms with Crippen molar-refractivity contribution in [3.05, 3.63) is 28.7 Å². The van der Waals surface area contributed by atoms with Crippen LogP contribution >= 0.6 is 0 Å². The van der Waals surface area contributed by atoms with Crippen molar-refractivity contribution in [3.63, 3.8) is 0 Å². The number of fused-ring (bicyclic) bond motifs is 1. The van der Waals surface area contributed by atoms with E-state index < -0.39 is 11.9 Å². The molecule has 0 aliphatic heterocycles. The summed E-state index contributed by atoms with van der Waals surface area (Å²) in [7, 11) is 0. The van der Waals surface area contributed by atoms with Crippen molar-refractivity contribution in [2.75, 3.05) is 0 Å². The van der Waals surface area contributed by atoms with Gasteiger partial charge in [0.15, 0.2) is 0 Å². The highest BCUT2D eigenvalue weighted by atomic mass is 19.4. The molecule has 0 bridgehead atoms. The van der Waals surface area contributed by atoms with E-state index in [0.717, 1.165) is 12.3 Å². The van der Waals surface area contributed by atoms with Crippen LogP contribution < -0.4 is 5.56 Å². The third kappa shape index (κ3) is 1.17. The third-order valence-corrected chi connectivity index (χ3v) is 1.76. The Morgan fingerprint density at radius 2 is 2.07 bits per heavy atom. The van der Waals surface area contributed by atoms with E-state index >= 15 is 0 Å². The minimum absolute atomic E-state index is 0.168. The normalized spacial score (nSPS) is 12.2. The quantitative estimate of drug-likeness (QED) is 0.699. The molecule has 0 saturated heterocycles. The molecule has 0 spiro atoms. The fourth-order valence-electron chi connectivity index (χ4n) is 1.20. The number of rotatable bonds is 0. The van der Waals surface area contributed by atoms with Gasteiger partial charge in [-0.1, -0.05) is 0 Å². The molecule has 2 aromatic heterocycles. The first-order valence-electron chi connectivity index (χ1n) is 3.62. The third-order valence-electron chi connectivity index (χ3n) is 1.76. The van der Waals surface area contributed by atoms with E-state index in [1.54, 1.807) is 0 Å². The summed E-state index contributed by atoms with van der Waals surface area (Å²) in [6, 6.07) is 2.10. The minimum Gasteiger partial charge on any atom is -0.276 e. The summed E-state index contributed by atoms with van der Waals surface area (Å²) in [5.41, 5.74) is -1.22. The van der Waals surface area contributed by atoms with Crippen molar-refractivity contribution < 1.29 is 13.2 Å². The van der Waals surface area contributed by atoms with Crippen LogP contribution in [-0.2, 0) is 6.30 Å². The number of aromatic nitrogens is 3. The lowest BCUT2D eigenvalue weighted by atomic mass is 10.4. The molecule has 4 nitrogen and oxygen atoms in total. The zero-order valence-corrected chi connectivity index (χ0v) is 6.67. The molecule has 14 heavy (non-hydrogen) atoms. The van der Waals surface area contributed by atoms with Crippen LogP contribution in [0.15, 0.2) is 23.1 Å². The molecular formula is C7H4F3N3O. The van der Waals surface area contributed by atoms with Crippen molar-refractivity contribution in [2.45, 2.75) is 6.30 Å². The topological polar surface area (TPSA) is 50.7 Å². The van der Waals surface area contributed by atoms with Crippen molar-refractivity contribution in [1.29, 1.82) is 0 Å². The number of H-pyrrole nitrogens is 1. The highest BCUT2D eigenvalue weighted by Gasteiger charge is 2.33. The summed E-state index contributed by atoms with van der Waals surface area (Å²) >= 11 is 0. The Bertz CT molecular complexity index is 525. The number of hydrogen-bond donors (Lipinski definition) is 1. The average Bonchev–Trinajstić information content (AvgIpc) is 2.48. The van der Waals surface area contributed by atoms with Crippen LogP contribution in [-0.4, -0.2) is 14.8 Å². The van der Waals surface area contributed by atoms with E-state index in [9.17, 15) is 18.0 Å².